The summed E-state index contributed by atoms with van der Waals surface area (Å²) in [6.07, 6.45) is 0.337. The van der Waals surface area contributed by atoms with E-state index in [9.17, 15) is 4.79 Å². The number of rotatable bonds is 5. The lowest BCUT2D eigenvalue weighted by molar-refractivity contribution is -0.120. The van der Waals surface area contributed by atoms with Crippen molar-refractivity contribution >= 4 is 29.9 Å². The van der Waals surface area contributed by atoms with Crippen molar-refractivity contribution in [2.24, 2.45) is 0 Å². The largest absolute Gasteiger partial charge is 0.355 e. The average molecular weight is 263 g/mol. The van der Waals surface area contributed by atoms with E-state index in [2.05, 4.69) is 10.6 Å². The molecule has 2 N–H and O–H groups in total. The van der Waals surface area contributed by atoms with Crippen LogP contribution in [0.4, 0.5) is 0 Å². The van der Waals surface area contributed by atoms with Gasteiger partial charge in [0, 0.05) is 18.1 Å². The highest BCUT2D eigenvalue weighted by Crippen LogP contribution is 2.14. The van der Waals surface area contributed by atoms with Gasteiger partial charge in [0.25, 0.3) is 0 Å². The zero-order valence-electron chi connectivity index (χ0n) is 9.13. The number of hydrogen-bond acceptors (Lipinski definition) is 2. The molecule has 0 saturated carbocycles. The number of nitrogens with one attached hydrogen (secondary N) is 2. The summed E-state index contributed by atoms with van der Waals surface area (Å²) in [6, 6.07) is 7.38. The van der Waals surface area contributed by atoms with Crippen molar-refractivity contribution in [1.29, 1.82) is 0 Å². The normalized spacial score (nSPS) is 9.38. The Kier molecular flexibility index (Phi) is 7.99. The maximum absolute atomic E-state index is 11.4. The maximum Gasteiger partial charge on any atom is 0.224 e. The van der Waals surface area contributed by atoms with Crippen LogP contribution >= 0.6 is 24.0 Å². The van der Waals surface area contributed by atoms with Crippen LogP contribution in [0.5, 0.6) is 0 Å². The van der Waals surface area contributed by atoms with E-state index in [4.69, 9.17) is 11.6 Å². The Morgan fingerprint density at radius 3 is 2.62 bits per heavy atom. The number of halogens is 2. The molecule has 0 bridgehead atoms. The fourth-order valence-electron chi connectivity index (χ4n) is 1.20. The van der Waals surface area contributed by atoms with Crippen molar-refractivity contribution < 1.29 is 4.79 Å². The number of carbonyl (C=O) groups excluding carboxylic acids is 1. The van der Waals surface area contributed by atoms with E-state index in [1.807, 2.05) is 25.2 Å². The molecule has 1 amide bonds. The minimum atomic E-state index is -0.00153. The van der Waals surface area contributed by atoms with Gasteiger partial charge in [-0.15, -0.1) is 12.4 Å². The molecule has 16 heavy (non-hydrogen) atoms. The van der Waals surface area contributed by atoms with Crippen LogP contribution in [0.3, 0.4) is 0 Å². The molecule has 0 atom stereocenters. The summed E-state index contributed by atoms with van der Waals surface area (Å²) in [5.41, 5.74) is 0.862. The molecule has 0 aliphatic heterocycles. The predicted octanol–water partition coefficient (Wildman–Crippen LogP) is 1.64. The van der Waals surface area contributed by atoms with E-state index in [0.29, 0.717) is 18.0 Å². The Labute approximate surface area is 107 Å². The Hall–Kier alpha value is -0.770. The summed E-state index contributed by atoms with van der Waals surface area (Å²) < 4.78 is 0. The maximum atomic E-state index is 11.4. The van der Waals surface area contributed by atoms with Crippen LogP contribution in [-0.2, 0) is 11.2 Å². The topological polar surface area (TPSA) is 41.1 Å². The standard InChI is InChI=1S/C11H15ClN2O.ClH/c1-13-6-7-14-11(15)8-9-4-2-3-5-10(9)12;/h2-5,13H,6-8H2,1H3,(H,14,15);1H. The Bertz CT molecular complexity index is 332. The lowest BCUT2D eigenvalue weighted by Gasteiger charge is -2.05. The van der Waals surface area contributed by atoms with Crippen molar-refractivity contribution in [2.75, 3.05) is 20.1 Å². The summed E-state index contributed by atoms with van der Waals surface area (Å²) in [5.74, 6) is -0.00153. The fraction of sp³-hybridized carbons (Fsp3) is 0.364. The van der Waals surface area contributed by atoms with E-state index in [1.54, 1.807) is 6.07 Å². The summed E-state index contributed by atoms with van der Waals surface area (Å²) in [7, 11) is 1.85. The first-order valence-electron chi connectivity index (χ1n) is 4.88. The molecule has 1 aromatic rings. The second kappa shape index (κ2) is 8.39. The molecule has 0 saturated heterocycles. The molecule has 0 aliphatic carbocycles. The SMILES string of the molecule is CNCCNC(=O)Cc1ccccc1Cl.Cl. The van der Waals surface area contributed by atoms with Crippen molar-refractivity contribution in [2.45, 2.75) is 6.42 Å². The number of hydrogen-bond donors (Lipinski definition) is 2. The third kappa shape index (κ3) is 5.35. The fourth-order valence-corrected chi connectivity index (χ4v) is 1.41. The van der Waals surface area contributed by atoms with Gasteiger partial charge in [-0.2, -0.15) is 0 Å². The van der Waals surface area contributed by atoms with Crippen molar-refractivity contribution in [3.8, 4) is 0 Å². The lowest BCUT2D eigenvalue weighted by atomic mass is 10.1. The highest BCUT2D eigenvalue weighted by Gasteiger charge is 2.05. The quantitative estimate of drug-likeness (QED) is 0.793. The summed E-state index contributed by atoms with van der Waals surface area (Å²) in [4.78, 5) is 11.4. The van der Waals surface area contributed by atoms with Gasteiger partial charge >= 0.3 is 0 Å². The molecule has 1 rings (SSSR count). The zero-order valence-corrected chi connectivity index (χ0v) is 10.7. The van der Waals surface area contributed by atoms with Gasteiger partial charge in [-0.25, -0.2) is 0 Å². The minimum Gasteiger partial charge on any atom is -0.355 e. The van der Waals surface area contributed by atoms with Crippen LogP contribution in [0, 0.1) is 0 Å². The summed E-state index contributed by atoms with van der Waals surface area (Å²) in [6.45, 7) is 1.41. The Balaban J connectivity index is 0.00000225. The average Bonchev–Trinajstić information content (AvgIpc) is 2.22. The van der Waals surface area contributed by atoms with Crippen molar-refractivity contribution in [3.63, 3.8) is 0 Å². The van der Waals surface area contributed by atoms with E-state index in [0.717, 1.165) is 12.1 Å². The predicted molar refractivity (Wildman–Crippen MR) is 69.3 cm³/mol. The highest BCUT2D eigenvalue weighted by molar-refractivity contribution is 6.31. The first-order valence-corrected chi connectivity index (χ1v) is 5.26. The van der Waals surface area contributed by atoms with Crippen LogP contribution in [0.15, 0.2) is 24.3 Å². The Morgan fingerprint density at radius 2 is 2.00 bits per heavy atom. The molecular formula is C11H16Cl2N2O. The van der Waals surface area contributed by atoms with Gasteiger partial charge in [-0.05, 0) is 18.7 Å². The molecule has 5 heteroatoms. The highest BCUT2D eigenvalue weighted by atomic mass is 35.5. The van der Waals surface area contributed by atoms with Gasteiger partial charge in [0.2, 0.25) is 5.91 Å². The van der Waals surface area contributed by atoms with Crippen LogP contribution in [0.25, 0.3) is 0 Å². The number of carbonyl (C=O) groups is 1. The summed E-state index contributed by atoms with van der Waals surface area (Å²) in [5, 5.41) is 6.40. The van der Waals surface area contributed by atoms with Crippen LogP contribution in [0.1, 0.15) is 5.56 Å². The monoisotopic (exact) mass is 262 g/mol. The van der Waals surface area contributed by atoms with E-state index >= 15 is 0 Å². The molecule has 0 spiro atoms. The van der Waals surface area contributed by atoms with Crippen molar-refractivity contribution in [1.82, 2.24) is 10.6 Å². The molecule has 0 radical (unpaired) electrons. The Morgan fingerprint density at radius 1 is 1.31 bits per heavy atom. The molecule has 90 valence electrons. The van der Waals surface area contributed by atoms with Crippen LogP contribution in [0.2, 0.25) is 5.02 Å². The molecule has 0 heterocycles. The number of benzene rings is 1. The van der Waals surface area contributed by atoms with Gasteiger partial charge < -0.3 is 10.6 Å². The molecule has 0 unspecified atom stereocenters. The zero-order chi connectivity index (χ0) is 11.1. The third-order valence-corrected chi connectivity index (χ3v) is 2.37. The molecule has 0 aromatic heterocycles. The van der Waals surface area contributed by atoms with E-state index in [-0.39, 0.29) is 18.3 Å². The second-order valence-electron chi connectivity index (χ2n) is 3.22. The molecule has 1 aromatic carbocycles. The van der Waals surface area contributed by atoms with Gasteiger partial charge in [0.15, 0.2) is 0 Å². The molecule has 0 fully saturated rings. The first-order chi connectivity index (χ1) is 7.24. The number of likely N-dealkylation sites (N-methyl/N-ethyl adjacent to an activating group) is 1. The minimum absolute atomic E-state index is 0. The molecular weight excluding hydrogens is 247 g/mol. The third-order valence-electron chi connectivity index (χ3n) is 2.01. The van der Waals surface area contributed by atoms with Crippen LogP contribution in [-0.4, -0.2) is 26.0 Å². The number of amides is 1. The smallest absolute Gasteiger partial charge is 0.224 e. The van der Waals surface area contributed by atoms with Gasteiger partial charge in [0.05, 0.1) is 6.42 Å². The first kappa shape index (κ1) is 15.2. The molecule has 3 nitrogen and oxygen atoms in total. The van der Waals surface area contributed by atoms with Gasteiger partial charge in [0.1, 0.15) is 0 Å². The summed E-state index contributed by atoms with van der Waals surface area (Å²) >= 11 is 5.94. The van der Waals surface area contributed by atoms with Crippen LogP contribution < -0.4 is 10.6 Å². The van der Waals surface area contributed by atoms with Crippen molar-refractivity contribution in [3.05, 3.63) is 34.9 Å². The lowest BCUT2D eigenvalue weighted by Crippen LogP contribution is -2.31. The molecule has 0 aliphatic rings. The second-order valence-corrected chi connectivity index (χ2v) is 3.63. The van der Waals surface area contributed by atoms with Gasteiger partial charge in [-0.3, -0.25) is 4.79 Å². The van der Waals surface area contributed by atoms with E-state index < -0.39 is 0 Å². The van der Waals surface area contributed by atoms with E-state index in [1.165, 1.54) is 0 Å². The van der Waals surface area contributed by atoms with Gasteiger partial charge in [-0.1, -0.05) is 29.8 Å².